The Balaban J connectivity index is 1.87. The lowest BCUT2D eigenvalue weighted by Crippen LogP contribution is -2.09. The monoisotopic (exact) mass is 389 g/mol. The van der Waals surface area contributed by atoms with Crippen molar-refractivity contribution in [2.45, 2.75) is 27.2 Å². The summed E-state index contributed by atoms with van der Waals surface area (Å²) in [5.41, 5.74) is 3.43. The van der Waals surface area contributed by atoms with Crippen LogP contribution in [-0.4, -0.2) is 22.4 Å². The van der Waals surface area contributed by atoms with Crippen LogP contribution in [0.1, 0.15) is 27.2 Å². The van der Waals surface area contributed by atoms with Crippen molar-refractivity contribution in [3.63, 3.8) is 0 Å². The Kier molecular flexibility index (Phi) is 6.79. The Morgan fingerprint density at radius 2 is 1.72 bits per heavy atom. The fourth-order valence-corrected chi connectivity index (χ4v) is 2.85. The number of carbonyl (C=O) groups excluding carboxylic acids is 1. The number of hydrogen-bond donors (Lipinski definition) is 3. The summed E-state index contributed by atoms with van der Waals surface area (Å²) in [6, 6.07) is 19.5. The van der Waals surface area contributed by atoms with Crippen molar-refractivity contribution < 1.29 is 4.79 Å². The minimum Gasteiger partial charge on any atom is -0.354 e. The Hall–Kier alpha value is -3.41. The average molecular weight is 390 g/mol. The van der Waals surface area contributed by atoms with Gasteiger partial charge in [-0.2, -0.15) is 4.98 Å². The molecule has 0 unspecified atom stereocenters. The molecule has 3 N–H and O–H groups in total. The third-order valence-corrected chi connectivity index (χ3v) is 4.26. The summed E-state index contributed by atoms with van der Waals surface area (Å²) in [6.45, 7) is 6.69. The largest absolute Gasteiger partial charge is 0.354 e. The molecule has 150 valence electrons. The van der Waals surface area contributed by atoms with E-state index in [1.165, 1.54) is 6.92 Å². The first-order chi connectivity index (χ1) is 14.0. The number of aromatic nitrogens is 2. The zero-order chi connectivity index (χ0) is 20.6. The van der Waals surface area contributed by atoms with E-state index in [4.69, 9.17) is 0 Å². The van der Waals surface area contributed by atoms with E-state index in [9.17, 15) is 4.79 Å². The molecule has 1 heterocycles. The first-order valence-electron chi connectivity index (χ1n) is 9.82. The standard InChI is InChI=1S/C23H27N5O/c1-16(2)12-13-24-23-27-21(18-8-5-4-6-9-18)15-22(28-23)26-20-11-7-10-19(14-20)25-17(3)29/h4-11,14-16H,12-13H2,1-3H3,(H,25,29)(H2,24,26,27,28). The average Bonchev–Trinajstić information content (AvgIpc) is 2.68. The van der Waals surface area contributed by atoms with Gasteiger partial charge in [0.05, 0.1) is 5.69 Å². The molecule has 3 aromatic rings. The fourth-order valence-electron chi connectivity index (χ4n) is 2.85. The molecule has 0 aliphatic carbocycles. The molecule has 0 aliphatic heterocycles. The maximum Gasteiger partial charge on any atom is 0.225 e. The molecule has 0 bridgehead atoms. The van der Waals surface area contributed by atoms with Gasteiger partial charge in [0.1, 0.15) is 5.82 Å². The molecule has 0 atom stereocenters. The van der Waals surface area contributed by atoms with Gasteiger partial charge in [0.2, 0.25) is 11.9 Å². The number of anilines is 4. The lowest BCUT2D eigenvalue weighted by atomic mass is 10.1. The highest BCUT2D eigenvalue weighted by molar-refractivity contribution is 5.89. The SMILES string of the molecule is CC(=O)Nc1cccc(Nc2cc(-c3ccccc3)nc(NCCC(C)C)n2)c1. The van der Waals surface area contributed by atoms with Crippen LogP contribution >= 0.6 is 0 Å². The minimum absolute atomic E-state index is 0.104. The molecule has 3 rings (SSSR count). The van der Waals surface area contributed by atoms with Gasteiger partial charge in [0.25, 0.3) is 0 Å². The number of nitrogens with one attached hydrogen (secondary N) is 3. The van der Waals surface area contributed by atoms with Crippen LogP contribution in [0.2, 0.25) is 0 Å². The molecular weight excluding hydrogens is 362 g/mol. The number of nitrogens with zero attached hydrogens (tertiary/aromatic N) is 2. The van der Waals surface area contributed by atoms with E-state index < -0.39 is 0 Å². The predicted molar refractivity (Wildman–Crippen MR) is 119 cm³/mol. The molecule has 0 fully saturated rings. The van der Waals surface area contributed by atoms with E-state index in [1.807, 2.05) is 60.7 Å². The van der Waals surface area contributed by atoms with E-state index in [0.717, 1.165) is 35.6 Å². The van der Waals surface area contributed by atoms with Gasteiger partial charge in [-0.15, -0.1) is 0 Å². The maximum absolute atomic E-state index is 11.3. The summed E-state index contributed by atoms with van der Waals surface area (Å²) < 4.78 is 0. The van der Waals surface area contributed by atoms with E-state index >= 15 is 0 Å². The Labute approximate surface area is 171 Å². The highest BCUT2D eigenvalue weighted by atomic mass is 16.1. The van der Waals surface area contributed by atoms with Crippen LogP contribution in [0.15, 0.2) is 60.7 Å². The van der Waals surface area contributed by atoms with Crippen molar-refractivity contribution in [2.24, 2.45) is 5.92 Å². The number of benzene rings is 2. The van der Waals surface area contributed by atoms with E-state index in [0.29, 0.717) is 17.7 Å². The lowest BCUT2D eigenvalue weighted by Gasteiger charge is -2.13. The van der Waals surface area contributed by atoms with Crippen molar-refractivity contribution in [2.75, 3.05) is 22.5 Å². The molecule has 0 saturated carbocycles. The van der Waals surface area contributed by atoms with Crippen LogP contribution in [0.25, 0.3) is 11.3 Å². The topological polar surface area (TPSA) is 78.9 Å². The second-order valence-corrected chi connectivity index (χ2v) is 7.32. The molecule has 6 nitrogen and oxygen atoms in total. The van der Waals surface area contributed by atoms with E-state index in [1.54, 1.807) is 0 Å². The van der Waals surface area contributed by atoms with Crippen LogP contribution in [0.4, 0.5) is 23.1 Å². The smallest absolute Gasteiger partial charge is 0.225 e. The summed E-state index contributed by atoms with van der Waals surface area (Å²) in [7, 11) is 0. The second-order valence-electron chi connectivity index (χ2n) is 7.32. The van der Waals surface area contributed by atoms with Crippen LogP contribution in [-0.2, 0) is 4.79 Å². The first kappa shape index (κ1) is 20.3. The molecule has 0 saturated heterocycles. The van der Waals surface area contributed by atoms with E-state index in [-0.39, 0.29) is 5.91 Å². The van der Waals surface area contributed by atoms with Gasteiger partial charge in [-0.3, -0.25) is 4.79 Å². The predicted octanol–water partition coefficient (Wildman–Crippen LogP) is 5.30. The molecule has 0 aliphatic rings. The Morgan fingerprint density at radius 3 is 2.45 bits per heavy atom. The van der Waals surface area contributed by atoms with Gasteiger partial charge in [0.15, 0.2) is 0 Å². The van der Waals surface area contributed by atoms with Crippen molar-refractivity contribution in [1.29, 1.82) is 0 Å². The van der Waals surface area contributed by atoms with Crippen LogP contribution in [0, 0.1) is 5.92 Å². The second kappa shape index (κ2) is 9.68. The molecule has 0 radical (unpaired) electrons. The van der Waals surface area contributed by atoms with Gasteiger partial charge in [-0.05, 0) is 30.5 Å². The quantitative estimate of drug-likeness (QED) is 0.487. The molecule has 0 spiro atoms. The summed E-state index contributed by atoms with van der Waals surface area (Å²) in [5.74, 6) is 1.78. The minimum atomic E-state index is -0.104. The van der Waals surface area contributed by atoms with Crippen molar-refractivity contribution in [3.05, 3.63) is 60.7 Å². The van der Waals surface area contributed by atoms with Crippen LogP contribution < -0.4 is 16.0 Å². The normalized spacial score (nSPS) is 10.6. The van der Waals surface area contributed by atoms with Crippen molar-refractivity contribution >= 4 is 29.0 Å². The van der Waals surface area contributed by atoms with Crippen molar-refractivity contribution in [1.82, 2.24) is 9.97 Å². The number of rotatable bonds is 8. The molecule has 1 aromatic heterocycles. The summed E-state index contributed by atoms with van der Waals surface area (Å²) in [6.07, 6.45) is 1.04. The summed E-state index contributed by atoms with van der Waals surface area (Å²) >= 11 is 0. The van der Waals surface area contributed by atoms with Crippen molar-refractivity contribution in [3.8, 4) is 11.3 Å². The van der Waals surface area contributed by atoms with Gasteiger partial charge in [-0.1, -0.05) is 50.2 Å². The molecule has 6 heteroatoms. The summed E-state index contributed by atoms with van der Waals surface area (Å²) in [5, 5.41) is 9.45. The number of amides is 1. The number of hydrogen-bond acceptors (Lipinski definition) is 5. The third-order valence-electron chi connectivity index (χ3n) is 4.26. The third kappa shape index (κ3) is 6.31. The Morgan fingerprint density at radius 1 is 0.966 bits per heavy atom. The number of carbonyl (C=O) groups is 1. The zero-order valence-electron chi connectivity index (χ0n) is 17.1. The van der Waals surface area contributed by atoms with Gasteiger partial charge in [0, 0.05) is 36.5 Å². The molecule has 1 amide bonds. The van der Waals surface area contributed by atoms with E-state index in [2.05, 4.69) is 39.8 Å². The molecular formula is C23H27N5O. The van der Waals surface area contributed by atoms with Gasteiger partial charge < -0.3 is 16.0 Å². The molecule has 29 heavy (non-hydrogen) atoms. The highest BCUT2D eigenvalue weighted by Crippen LogP contribution is 2.25. The Bertz CT molecular complexity index is 956. The van der Waals surface area contributed by atoms with Crippen LogP contribution in [0.3, 0.4) is 0 Å². The van der Waals surface area contributed by atoms with Crippen LogP contribution in [0.5, 0.6) is 0 Å². The fraction of sp³-hybridized carbons (Fsp3) is 0.261. The lowest BCUT2D eigenvalue weighted by molar-refractivity contribution is -0.114. The maximum atomic E-state index is 11.3. The summed E-state index contributed by atoms with van der Waals surface area (Å²) in [4.78, 5) is 20.6. The first-order valence-corrected chi connectivity index (χ1v) is 9.82. The molecule has 2 aromatic carbocycles. The highest BCUT2D eigenvalue weighted by Gasteiger charge is 2.08. The van der Waals surface area contributed by atoms with Gasteiger partial charge in [-0.25, -0.2) is 4.98 Å². The van der Waals surface area contributed by atoms with Gasteiger partial charge >= 0.3 is 0 Å². The zero-order valence-corrected chi connectivity index (χ0v) is 17.1.